The number of sulfonamides is 1. The summed E-state index contributed by atoms with van der Waals surface area (Å²) in [6.45, 7) is 3.53. The molecule has 1 aromatic rings. The number of rotatable bonds is 7. The Morgan fingerprint density at radius 3 is 2.61 bits per heavy atom. The minimum Gasteiger partial charge on any atom is -0.363 e. The standard InChI is InChI=1S/C10H17F2N3O2S/c1-7(2)13-4-8-3-9(5-14-8)18(16,17)15-6-10(11)12/h3,5,7,10,13-15H,4,6H2,1-2H3. The van der Waals surface area contributed by atoms with Crippen LogP contribution in [-0.2, 0) is 16.6 Å². The van der Waals surface area contributed by atoms with Crippen LogP contribution in [0.25, 0.3) is 0 Å². The van der Waals surface area contributed by atoms with Crippen molar-refractivity contribution in [3.05, 3.63) is 18.0 Å². The van der Waals surface area contributed by atoms with Crippen molar-refractivity contribution in [3.8, 4) is 0 Å². The monoisotopic (exact) mass is 281 g/mol. The summed E-state index contributed by atoms with van der Waals surface area (Å²) < 4.78 is 48.9. The first-order valence-corrected chi connectivity index (χ1v) is 6.98. The molecule has 18 heavy (non-hydrogen) atoms. The molecule has 1 aromatic heterocycles. The van der Waals surface area contributed by atoms with Crippen LogP contribution in [0.4, 0.5) is 8.78 Å². The van der Waals surface area contributed by atoms with Crippen molar-refractivity contribution in [2.45, 2.75) is 37.8 Å². The Morgan fingerprint density at radius 1 is 1.39 bits per heavy atom. The van der Waals surface area contributed by atoms with Crippen LogP contribution in [0.5, 0.6) is 0 Å². The van der Waals surface area contributed by atoms with Gasteiger partial charge in [0.15, 0.2) is 0 Å². The zero-order valence-electron chi connectivity index (χ0n) is 10.2. The molecule has 104 valence electrons. The molecule has 0 saturated carbocycles. The van der Waals surface area contributed by atoms with Crippen LogP contribution in [0.15, 0.2) is 17.2 Å². The van der Waals surface area contributed by atoms with Gasteiger partial charge in [0.2, 0.25) is 10.0 Å². The van der Waals surface area contributed by atoms with E-state index in [4.69, 9.17) is 0 Å². The maximum atomic E-state index is 12.0. The third kappa shape index (κ3) is 4.71. The molecule has 0 aliphatic heterocycles. The van der Waals surface area contributed by atoms with Gasteiger partial charge in [-0.2, -0.15) is 0 Å². The molecule has 0 aliphatic rings. The molecule has 8 heteroatoms. The van der Waals surface area contributed by atoms with Crippen molar-refractivity contribution >= 4 is 10.0 Å². The van der Waals surface area contributed by atoms with Crippen LogP contribution < -0.4 is 10.0 Å². The highest BCUT2D eigenvalue weighted by Crippen LogP contribution is 2.10. The largest absolute Gasteiger partial charge is 0.363 e. The second-order valence-electron chi connectivity index (χ2n) is 4.14. The highest BCUT2D eigenvalue weighted by atomic mass is 32.2. The Kier molecular flexibility index (Phi) is 5.24. The normalized spacial score (nSPS) is 12.6. The van der Waals surface area contributed by atoms with Gasteiger partial charge >= 0.3 is 0 Å². The predicted octanol–water partition coefficient (Wildman–Crippen LogP) is 1.06. The molecule has 0 saturated heterocycles. The summed E-state index contributed by atoms with van der Waals surface area (Å²) in [4.78, 5) is 2.75. The number of aromatic nitrogens is 1. The SMILES string of the molecule is CC(C)NCc1cc(S(=O)(=O)NCC(F)F)c[nH]1. The van der Waals surface area contributed by atoms with Crippen molar-refractivity contribution in [1.29, 1.82) is 0 Å². The van der Waals surface area contributed by atoms with Gasteiger partial charge in [-0.3, -0.25) is 0 Å². The second-order valence-corrected chi connectivity index (χ2v) is 5.91. The molecule has 0 aromatic carbocycles. The van der Waals surface area contributed by atoms with Gasteiger partial charge in [-0.15, -0.1) is 0 Å². The fourth-order valence-electron chi connectivity index (χ4n) is 1.25. The fourth-order valence-corrected chi connectivity index (χ4v) is 2.27. The predicted molar refractivity (Wildman–Crippen MR) is 64.0 cm³/mol. The number of nitrogens with one attached hydrogen (secondary N) is 3. The fraction of sp³-hybridized carbons (Fsp3) is 0.600. The van der Waals surface area contributed by atoms with E-state index in [0.29, 0.717) is 12.2 Å². The molecular formula is C10H17F2N3O2S. The van der Waals surface area contributed by atoms with Gasteiger partial charge in [0.25, 0.3) is 6.43 Å². The molecule has 0 aliphatic carbocycles. The average molecular weight is 281 g/mol. The Labute approximate surface area is 105 Å². The van der Waals surface area contributed by atoms with Crippen LogP contribution in [0, 0.1) is 0 Å². The van der Waals surface area contributed by atoms with Gasteiger partial charge in [-0.1, -0.05) is 13.8 Å². The van der Waals surface area contributed by atoms with Gasteiger partial charge < -0.3 is 10.3 Å². The molecule has 0 spiro atoms. The molecule has 0 bridgehead atoms. The third-order valence-electron chi connectivity index (χ3n) is 2.16. The summed E-state index contributed by atoms with van der Waals surface area (Å²) in [6.07, 6.45) is -1.42. The molecule has 0 radical (unpaired) electrons. The van der Waals surface area contributed by atoms with Crippen molar-refractivity contribution in [3.63, 3.8) is 0 Å². The van der Waals surface area contributed by atoms with E-state index in [9.17, 15) is 17.2 Å². The van der Waals surface area contributed by atoms with E-state index in [1.165, 1.54) is 12.3 Å². The Morgan fingerprint density at radius 2 is 2.06 bits per heavy atom. The summed E-state index contributed by atoms with van der Waals surface area (Å²) >= 11 is 0. The molecule has 3 N–H and O–H groups in total. The van der Waals surface area contributed by atoms with E-state index in [1.807, 2.05) is 18.6 Å². The van der Waals surface area contributed by atoms with E-state index < -0.39 is 23.0 Å². The summed E-state index contributed by atoms with van der Waals surface area (Å²) in [5.74, 6) is 0. The summed E-state index contributed by atoms with van der Waals surface area (Å²) in [7, 11) is -3.86. The van der Waals surface area contributed by atoms with Crippen molar-refractivity contribution in [2.24, 2.45) is 0 Å². The number of hydrogen-bond donors (Lipinski definition) is 3. The lowest BCUT2D eigenvalue weighted by Gasteiger charge is -2.05. The maximum Gasteiger partial charge on any atom is 0.251 e. The van der Waals surface area contributed by atoms with Gasteiger partial charge in [0, 0.05) is 24.5 Å². The van der Waals surface area contributed by atoms with E-state index >= 15 is 0 Å². The van der Waals surface area contributed by atoms with Crippen molar-refractivity contribution < 1.29 is 17.2 Å². The molecule has 0 fully saturated rings. The first-order chi connectivity index (χ1) is 8.31. The molecule has 1 heterocycles. The minimum atomic E-state index is -3.86. The number of aromatic amines is 1. The van der Waals surface area contributed by atoms with E-state index in [2.05, 4.69) is 10.3 Å². The van der Waals surface area contributed by atoms with Crippen LogP contribution >= 0.6 is 0 Å². The smallest absolute Gasteiger partial charge is 0.251 e. The molecule has 0 atom stereocenters. The van der Waals surface area contributed by atoms with Crippen molar-refractivity contribution in [2.75, 3.05) is 6.54 Å². The molecule has 0 unspecified atom stereocenters. The highest BCUT2D eigenvalue weighted by Gasteiger charge is 2.17. The zero-order chi connectivity index (χ0) is 13.8. The Balaban J connectivity index is 2.66. The summed E-state index contributed by atoms with van der Waals surface area (Å²) in [5, 5.41) is 3.11. The molecule has 0 amide bonds. The topological polar surface area (TPSA) is 74.0 Å². The first kappa shape index (κ1) is 15.1. The third-order valence-corrected chi connectivity index (χ3v) is 3.56. The van der Waals surface area contributed by atoms with Crippen LogP contribution in [0.3, 0.4) is 0 Å². The quantitative estimate of drug-likeness (QED) is 0.699. The lowest BCUT2D eigenvalue weighted by atomic mass is 10.3. The van der Waals surface area contributed by atoms with E-state index in [-0.39, 0.29) is 10.9 Å². The van der Waals surface area contributed by atoms with Gasteiger partial charge in [0.1, 0.15) is 0 Å². The summed E-state index contributed by atoms with van der Waals surface area (Å²) in [5.41, 5.74) is 0.682. The van der Waals surface area contributed by atoms with E-state index in [1.54, 1.807) is 0 Å². The zero-order valence-corrected chi connectivity index (χ0v) is 11.0. The minimum absolute atomic E-state index is 0.0382. The number of halogens is 2. The maximum absolute atomic E-state index is 12.0. The first-order valence-electron chi connectivity index (χ1n) is 5.50. The molecular weight excluding hydrogens is 264 g/mol. The lowest BCUT2D eigenvalue weighted by molar-refractivity contribution is 0.153. The van der Waals surface area contributed by atoms with Gasteiger partial charge in [0.05, 0.1) is 11.4 Å². The molecule has 1 rings (SSSR count). The highest BCUT2D eigenvalue weighted by molar-refractivity contribution is 7.89. The Hall–Kier alpha value is -0.990. The van der Waals surface area contributed by atoms with Crippen LogP contribution in [0.2, 0.25) is 0 Å². The Bertz CT molecular complexity index is 471. The lowest BCUT2D eigenvalue weighted by Crippen LogP contribution is -2.28. The summed E-state index contributed by atoms with van der Waals surface area (Å²) in [6, 6.07) is 1.69. The average Bonchev–Trinajstić information content (AvgIpc) is 2.73. The van der Waals surface area contributed by atoms with Gasteiger partial charge in [-0.25, -0.2) is 21.9 Å². The number of hydrogen-bond acceptors (Lipinski definition) is 3. The van der Waals surface area contributed by atoms with E-state index in [0.717, 1.165) is 0 Å². The van der Waals surface area contributed by atoms with Gasteiger partial charge in [-0.05, 0) is 6.07 Å². The second kappa shape index (κ2) is 6.26. The van der Waals surface area contributed by atoms with Crippen LogP contribution in [-0.4, -0.2) is 32.4 Å². The number of alkyl halides is 2. The van der Waals surface area contributed by atoms with Crippen LogP contribution in [0.1, 0.15) is 19.5 Å². The molecule has 5 nitrogen and oxygen atoms in total. The number of H-pyrrole nitrogens is 1. The van der Waals surface area contributed by atoms with Crippen molar-refractivity contribution in [1.82, 2.24) is 15.0 Å².